The minimum absolute atomic E-state index is 0.549. The van der Waals surface area contributed by atoms with Gasteiger partial charge in [0.15, 0.2) is 0 Å². The summed E-state index contributed by atoms with van der Waals surface area (Å²) >= 11 is 5.41. The molecule has 17 heavy (non-hydrogen) atoms. The number of halogens is 1. The zero-order valence-corrected chi connectivity index (χ0v) is 12.9. The van der Waals surface area contributed by atoms with Gasteiger partial charge >= 0.3 is 0 Å². The third kappa shape index (κ3) is 4.08. The molecule has 0 radical (unpaired) electrons. The monoisotopic (exact) mass is 315 g/mol. The van der Waals surface area contributed by atoms with Crippen LogP contribution in [0.3, 0.4) is 0 Å². The van der Waals surface area contributed by atoms with Gasteiger partial charge in [0.05, 0.1) is 3.79 Å². The van der Waals surface area contributed by atoms with Crippen molar-refractivity contribution in [1.29, 1.82) is 0 Å². The molecule has 1 aromatic heterocycles. The fourth-order valence-corrected chi connectivity index (χ4v) is 4.39. The van der Waals surface area contributed by atoms with Crippen molar-refractivity contribution in [2.24, 2.45) is 5.92 Å². The molecule has 0 amide bonds. The lowest BCUT2D eigenvalue weighted by Gasteiger charge is -2.23. The summed E-state index contributed by atoms with van der Waals surface area (Å²) in [4.78, 5) is 1.47. The molecule has 1 aromatic rings. The predicted octanol–water partition coefficient (Wildman–Crippen LogP) is 5.13. The lowest BCUT2D eigenvalue weighted by atomic mass is 9.85. The van der Waals surface area contributed by atoms with Crippen LogP contribution in [-0.2, 0) is 0 Å². The Morgan fingerprint density at radius 1 is 1.35 bits per heavy atom. The third-order valence-corrected chi connectivity index (χ3v) is 5.61. The van der Waals surface area contributed by atoms with Crippen molar-refractivity contribution in [3.63, 3.8) is 0 Å². The largest absolute Gasteiger partial charge is 0.312 e. The Labute approximate surface area is 117 Å². The quantitative estimate of drug-likeness (QED) is 0.794. The Balaban J connectivity index is 1.82. The van der Waals surface area contributed by atoms with Crippen LogP contribution in [0.4, 0.5) is 0 Å². The number of thiophene rings is 1. The second-order valence-corrected chi connectivity index (χ2v) is 7.56. The second kappa shape index (κ2) is 6.91. The summed E-state index contributed by atoms with van der Waals surface area (Å²) < 4.78 is 1.24. The van der Waals surface area contributed by atoms with Gasteiger partial charge in [-0.2, -0.15) is 0 Å². The molecule has 0 spiro atoms. The van der Waals surface area contributed by atoms with Gasteiger partial charge in [0.2, 0.25) is 0 Å². The maximum absolute atomic E-state index is 3.55. The van der Waals surface area contributed by atoms with E-state index in [0.29, 0.717) is 6.04 Å². The van der Waals surface area contributed by atoms with E-state index in [1.165, 1.54) is 53.6 Å². The van der Waals surface area contributed by atoms with Crippen LogP contribution in [0.1, 0.15) is 55.9 Å². The minimum atomic E-state index is 0.549. The van der Waals surface area contributed by atoms with Crippen LogP contribution in [0.15, 0.2) is 15.9 Å². The first-order valence-corrected chi connectivity index (χ1v) is 8.33. The molecule has 1 nitrogen and oxygen atoms in total. The van der Waals surface area contributed by atoms with Crippen molar-refractivity contribution in [3.05, 3.63) is 20.8 Å². The molecule has 1 aliphatic carbocycles. The van der Waals surface area contributed by atoms with Crippen LogP contribution in [0.25, 0.3) is 0 Å². The summed E-state index contributed by atoms with van der Waals surface area (Å²) in [5.41, 5.74) is 0. The lowest BCUT2D eigenvalue weighted by molar-refractivity contribution is 0.318. The van der Waals surface area contributed by atoms with E-state index in [-0.39, 0.29) is 0 Å². The molecular weight excluding hydrogens is 294 g/mol. The normalized spacial score (nSPS) is 19.4. The van der Waals surface area contributed by atoms with E-state index in [1.807, 2.05) is 11.3 Å². The van der Waals surface area contributed by atoms with Gasteiger partial charge in [0, 0.05) is 10.9 Å². The van der Waals surface area contributed by atoms with Crippen LogP contribution in [-0.4, -0.2) is 7.05 Å². The first kappa shape index (κ1) is 13.6. The molecule has 3 heteroatoms. The first-order valence-electron chi connectivity index (χ1n) is 6.72. The van der Waals surface area contributed by atoms with Crippen molar-refractivity contribution in [2.45, 2.75) is 51.0 Å². The molecule has 0 aliphatic heterocycles. The van der Waals surface area contributed by atoms with Crippen molar-refractivity contribution in [1.82, 2.24) is 5.32 Å². The Kier molecular flexibility index (Phi) is 5.51. The molecule has 96 valence electrons. The van der Waals surface area contributed by atoms with Crippen molar-refractivity contribution in [3.8, 4) is 0 Å². The summed E-state index contributed by atoms with van der Waals surface area (Å²) in [6.45, 7) is 0. The maximum atomic E-state index is 3.55. The van der Waals surface area contributed by atoms with Crippen LogP contribution in [0.5, 0.6) is 0 Å². The average molecular weight is 316 g/mol. The Hall–Kier alpha value is 0.140. The van der Waals surface area contributed by atoms with Gasteiger partial charge < -0.3 is 5.32 Å². The number of hydrogen-bond donors (Lipinski definition) is 1. The summed E-state index contributed by atoms with van der Waals surface area (Å²) in [7, 11) is 2.08. The Morgan fingerprint density at radius 3 is 2.71 bits per heavy atom. The molecule has 1 fully saturated rings. The van der Waals surface area contributed by atoms with Crippen LogP contribution in [0, 0.1) is 5.92 Å². The molecule has 0 saturated heterocycles. The SMILES string of the molecule is CNC(CCC1CCCCC1)c1ccc(Br)s1. The number of nitrogens with one attached hydrogen (secondary N) is 1. The molecular formula is C14H22BrNS. The Morgan fingerprint density at radius 2 is 2.12 bits per heavy atom. The summed E-state index contributed by atoms with van der Waals surface area (Å²) in [6, 6.07) is 4.95. The molecule has 2 rings (SSSR count). The smallest absolute Gasteiger partial charge is 0.0701 e. The highest BCUT2D eigenvalue weighted by atomic mass is 79.9. The third-order valence-electron chi connectivity index (χ3n) is 3.87. The van der Waals surface area contributed by atoms with E-state index in [1.54, 1.807) is 0 Å². The second-order valence-electron chi connectivity index (χ2n) is 5.06. The highest BCUT2D eigenvalue weighted by molar-refractivity contribution is 9.11. The summed E-state index contributed by atoms with van der Waals surface area (Å²) in [5.74, 6) is 0.989. The van der Waals surface area contributed by atoms with Gasteiger partial charge in [-0.1, -0.05) is 32.1 Å². The highest BCUT2D eigenvalue weighted by Gasteiger charge is 2.17. The lowest BCUT2D eigenvalue weighted by Crippen LogP contribution is -2.17. The summed E-state index contributed by atoms with van der Waals surface area (Å²) in [6.07, 6.45) is 9.98. The van der Waals surface area contributed by atoms with E-state index in [4.69, 9.17) is 0 Å². The highest BCUT2D eigenvalue weighted by Crippen LogP contribution is 2.33. The van der Waals surface area contributed by atoms with Crippen LogP contribution >= 0.6 is 27.3 Å². The predicted molar refractivity (Wildman–Crippen MR) is 79.6 cm³/mol. The first-order chi connectivity index (χ1) is 8.29. The standard InChI is InChI=1S/C14H22BrNS/c1-16-12(13-9-10-14(15)17-13)8-7-11-5-3-2-4-6-11/h9-12,16H,2-8H2,1H3. The molecule has 1 heterocycles. The van der Waals surface area contributed by atoms with Gasteiger partial charge in [0.1, 0.15) is 0 Å². The minimum Gasteiger partial charge on any atom is -0.312 e. The Bertz CT molecular complexity index is 331. The van der Waals surface area contributed by atoms with E-state index >= 15 is 0 Å². The summed E-state index contributed by atoms with van der Waals surface area (Å²) in [5, 5.41) is 3.46. The fourth-order valence-electron chi connectivity index (χ4n) is 2.82. The fraction of sp³-hybridized carbons (Fsp3) is 0.714. The molecule has 0 aromatic carbocycles. The molecule has 1 atom stereocenters. The maximum Gasteiger partial charge on any atom is 0.0701 e. The molecule has 1 N–H and O–H groups in total. The molecule has 1 saturated carbocycles. The van der Waals surface area contributed by atoms with Crippen molar-refractivity contribution < 1.29 is 0 Å². The van der Waals surface area contributed by atoms with Gasteiger partial charge in [-0.05, 0) is 53.9 Å². The number of hydrogen-bond acceptors (Lipinski definition) is 2. The van der Waals surface area contributed by atoms with Gasteiger partial charge in [0.25, 0.3) is 0 Å². The van der Waals surface area contributed by atoms with E-state index in [0.717, 1.165) is 5.92 Å². The molecule has 1 aliphatic rings. The van der Waals surface area contributed by atoms with E-state index in [2.05, 4.69) is 40.4 Å². The van der Waals surface area contributed by atoms with Crippen LogP contribution < -0.4 is 5.32 Å². The van der Waals surface area contributed by atoms with E-state index in [9.17, 15) is 0 Å². The zero-order valence-electron chi connectivity index (χ0n) is 10.5. The number of rotatable bonds is 5. The molecule has 0 bridgehead atoms. The molecule has 1 unspecified atom stereocenters. The topological polar surface area (TPSA) is 12.0 Å². The average Bonchev–Trinajstić information content (AvgIpc) is 2.78. The van der Waals surface area contributed by atoms with Crippen molar-refractivity contribution in [2.75, 3.05) is 7.05 Å². The van der Waals surface area contributed by atoms with Crippen molar-refractivity contribution >= 4 is 27.3 Å². The van der Waals surface area contributed by atoms with Gasteiger partial charge in [-0.15, -0.1) is 11.3 Å². The van der Waals surface area contributed by atoms with E-state index < -0.39 is 0 Å². The zero-order chi connectivity index (χ0) is 12.1. The van der Waals surface area contributed by atoms with Gasteiger partial charge in [-0.3, -0.25) is 0 Å². The van der Waals surface area contributed by atoms with Crippen LogP contribution in [0.2, 0.25) is 0 Å². The van der Waals surface area contributed by atoms with Gasteiger partial charge in [-0.25, -0.2) is 0 Å².